The lowest BCUT2D eigenvalue weighted by Gasteiger charge is -2.33. The number of methoxy groups -OCH3 is 1. The van der Waals surface area contributed by atoms with E-state index in [0.717, 1.165) is 30.1 Å². The van der Waals surface area contributed by atoms with E-state index in [9.17, 15) is 4.79 Å². The Hall–Kier alpha value is -2.91. The van der Waals surface area contributed by atoms with Crippen molar-refractivity contribution in [2.75, 3.05) is 38.3 Å². The van der Waals surface area contributed by atoms with Gasteiger partial charge in [-0.3, -0.25) is 10.2 Å². The van der Waals surface area contributed by atoms with Crippen molar-refractivity contribution in [3.05, 3.63) is 46.2 Å². The molecule has 0 bridgehead atoms. The Morgan fingerprint density at radius 3 is 2.59 bits per heavy atom. The van der Waals surface area contributed by atoms with Crippen molar-refractivity contribution in [2.24, 2.45) is 0 Å². The van der Waals surface area contributed by atoms with Crippen molar-refractivity contribution in [3.8, 4) is 5.75 Å². The molecule has 1 N–H and O–H groups in total. The predicted molar refractivity (Wildman–Crippen MR) is 121 cm³/mol. The Bertz CT molecular complexity index is 1220. The highest BCUT2D eigenvalue weighted by Crippen LogP contribution is 2.40. The Labute approximate surface area is 191 Å². The van der Waals surface area contributed by atoms with Gasteiger partial charge in [-0.05, 0) is 29.7 Å². The summed E-state index contributed by atoms with van der Waals surface area (Å²) in [4.78, 5) is 15.5. The summed E-state index contributed by atoms with van der Waals surface area (Å²) in [7, 11) is 1.66. The lowest BCUT2D eigenvalue weighted by molar-refractivity contribution is 0.0965. The molecule has 0 radical (unpaired) electrons. The predicted octanol–water partition coefficient (Wildman–Crippen LogP) is 2.69. The molecule has 32 heavy (non-hydrogen) atoms. The Kier molecular flexibility index (Phi) is 5.96. The summed E-state index contributed by atoms with van der Waals surface area (Å²) in [6.45, 7) is 8.90. The topological polar surface area (TPSA) is 97.7 Å². The summed E-state index contributed by atoms with van der Waals surface area (Å²) in [6.07, 6.45) is 0. The van der Waals surface area contributed by atoms with Gasteiger partial charge in [-0.2, -0.15) is 9.61 Å². The van der Waals surface area contributed by atoms with Gasteiger partial charge in [-0.25, -0.2) is 4.68 Å². The maximum absolute atomic E-state index is 13.3. The minimum absolute atomic E-state index is 0.0196. The van der Waals surface area contributed by atoms with Crippen LogP contribution in [0.4, 0.5) is 5.69 Å². The third-order valence-electron chi connectivity index (χ3n) is 5.50. The highest BCUT2D eigenvalue weighted by atomic mass is 35.5. The van der Waals surface area contributed by atoms with Crippen molar-refractivity contribution < 1.29 is 14.3 Å². The third kappa shape index (κ3) is 4.22. The molecule has 0 unspecified atom stereocenters. The van der Waals surface area contributed by atoms with Crippen LogP contribution in [0.1, 0.15) is 36.7 Å². The summed E-state index contributed by atoms with van der Waals surface area (Å²) < 4.78 is 14.0. The van der Waals surface area contributed by atoms with Crippen LogP contribution in [0.5, 0.6) is 5.75 Å². The van der Waals surface area contributed by atoms with Gasteiger partial charge in [0, 0.05) is 24.2 Å². The van der Waals surface area contributed by atoms with E-state index in [1.807, 2.05) is 12.1 Å². The normalized spacial score (nSPS) is 14.7. The van der Waals surface area contributed by atoms with Gasteiger partial charge >= 0.3 is 0 Å². The zero-order valence-corrected chi connectivity index (χ0v) is 19.4. The average Bonchev–Trinajstić information content (AvgIpc) is 3.07. The number of fused-ring (bicyclic) bond motifs is 1. The monoisotopic (exact) mass is 458 g/mol. The summed E-state index contributed by atoms with van der Waals surface area (Å²) >= 11 is 5.94. The molecule has 0 amide bonds. The molecule has 2 aromatic heterocycles. The molecule has 1 fully saturated rings. The number of benzene rings is 1. The second-order valence-electron chi connectivity index (χ2n) is 8.76. The van der Waals surface area contributed by atoms with Crippen LogP contribution in [-0.2, 0) is 16.7 Å². The lowest BCUT2D eigenvalue weighted by atomic mass is 9.84. The number of nitrogens with zero attached hydrogens (tertiary/aromatic N) is 5. The minimum atomic E-state index is -0.236. The highest BCUT2D eigenvalue weighted by Gasteiger charge is 2.27. The summed E-state index contributed by atoms with van der Waals surface area (Å²) in [5, 5.41) is 17.0. The van der Waals surface area contributed by atoms with Crippen LogP contribution in [0, 0.1) is 5.41 Å². The molecule has 1 aliphatic rings. The zero-order chi connectivity index (χ0) is 23.0. The molecule has 1 saturated heterocycles. The van der Waals surface area contributed by atoms with E-state index in [4.69, 9.17) is 26.5 Å². The quantitative estimate of drug-likeness (QED) is 0.590. The number of morpholine rings is 1. The van der Waals surface area contributed by atoms with Gasteiger partial charge in [-0.1, -0.05) is 32.4 Å². The van der Waals surface area contributed by atoms with Crippen LogP contribution in [0.2, 0.25) is 5.15 Å². The number of halogens is 1. The number of ketones is 1. The molecule has 0 atom stereocenters. The van der Waals surface area contributed by atoms with Gasteiger partial charge in [0.05, 0.1) is 26.0 Å². The third-order valence-corrected chi connectivity index (χ3v) is 5.70. The van der Waals surface area contributed by atoms with E-state index in [1.165, 1.54) is 9.20 Å². The van der Waals surface area contributed by atoms with Crippen LogP contribution in [0.25, 0.3) is 5.65 Å². The molecule has 3 aromatic rings. The SMILES string of the molecule is COc1c(N2CCOCC2)cc(C(=O)Cn2nc3ccc(Cl)nn3c2=N)cc1C(C)(C)C. The molecule has 1 aliphatic heterocycles. The molecule has 3 heterocycles. The highest BCUT2D eigenvalue weighted by molar-refractivity contribution is 6.29. The molecule has 4 rings (SSSR count). The van der Waals surface area contributed by atoms with Crippen LogP contribution in [-0.4, -0.2) is 58.6 Å². The first-order valence-electron chi connectivity index (χ1n) is 10.4. The van der Waals surface area contributed by atoms with Crippen molar-refractivity contribution >= 4 is 28.7 Å². The van der Waals surface area contributed by atoms with Crippen LogP contribution in [0.15, 0.2) is 24.3 Å². The van der Waals surface area contributed by atoms with Gasteiger partial charge in [0.2, 0.25) is 5.62 Å². The number of hydrogen-bond donors (Lipinski definition) is 1. The molecule has 9 nitrogen and oxygen atoms in total. The zero-order valence-electron chi connectivity index (χ0n) is 18.7. The molecule has 0 aliphatic carbocycles. The van der Waals surface area contributed by atoms with E-state index < -0.39 is 0 Å². The number of carbonyl (C=O) groups excluding carboxylic acids is 1. The fourth-order valence-electron chi connectivity index (χ4n) is 3.83. The van der Waals surface area contributed by atoms with Crippen molar-refractivity contribution in [3.63, 3.8) is 0 Å². The Balaban J connectivity index is 1.76. The number of anilines is 1. The first-order valence-corrected chi connectivity index (χ1v) is 10.8. The maximum atomic E-state index is 13.3. The first kappa shape index (κ1) is 22.3. The second kappa shape index (κ2) is 8.55. The van der Waals surface area contributed by atoms with Gasteiger partial charge in [0.25, 0.3) is 0 Å². The number of rotatable bonds is 5. The van der Waals surface area contributed by atoms with Gasteiger partial charge in [-0.15, -0.1) is 5.10 Å². The maximum Gasteiger partial charge on any atom is 0.242 e. The summed E-state index contributed by atoms with van der Waals surface area (Å²) in [5.74, 6) is 0.622. The Morgan fingerprint density at radius 2 is 1.94 bits per heavy atom. The lowest BCUT2D eigenvalue weighted by Crippen LogP contribution is -2.37. The number of Topliss-reactive ketones (excluding diaryl/α,β-unsaturated/α-hetero) is 1. The van der Waals surface area contributed by atoms with E-state index in [2.05, 4.69) is 35.9 Å². The summed E-state index contributed by atoms with van der Waals surface area (Å²) in [5.41, 5.74) is 2.57. The van der Waals surface area contributed by atoms with E-state index >= 15 is 0 Å². The number of aromatic nitrogens is 4. The van der Waals surface area contributed by atoms with Gasteiger partial charge in [0.15, 0.2) is 11.4 Å². The number of ether oxygens (including phenoxy) is 2. The van der Waals surface area contributed by atoms with E-state index in [-0.39, 0.29) is 28.5 Å². The molecular formula is C22H27ClN6O3. The summed E-state index contributed by atoms with van der Waals surface area (Å²) in [6, 6.07) is 7.02. The van der Waals surface area contributed by atoms with Crippen LogP contribution in [0.3, 0.4) is 0 Å². The van der Waals surface area contributed by atoms with Crippen molar-refractivity contribution in [2.45, 2.75) is 32.7 Å². The average molecular weight is 459 g/mol. The first-order chi connectivity index (χ1) is 15.2. The Morgan fingerprint density at radius 1 is 1.22 bits per heavy atom. The molecular weight excluding hydrogens is 432 g/mol. The second-order valence-corrected chi connectivity index (χ2v) is 9.14. The number of hydrogen-bond acceptors (Lipinski definition) is 7. The fourth-order valence-corrected chi connectivity index (χ4v) is 3.97. The van der Waals surface area contributed by atoms with E-state index in [1.54, 1.807) is 19.2 Å². The molecule has 1 aromatic carbocycles. The molecule has 170 valence electrons. The standard InChI is InChI=1S/C22H27ClN6O3/c1-22(2,3)15-11-14(12-16(20(15)31-4)27-7-9-32-10-8-27)17(30)13-28-21(24)29-19(26-28)6-5-18(23)25-29/h5-6,11-12,24H,7-10,13H2,1-4H3. The van der Waals surface area contributed by atoms with Crippen LogP contribution < -0.4 is 15.3 Å². The fraction of sp³-hybridized carbons (Fsp3) is 0.455. The van der Waals surface area contributed by atoms with Crippen LogP contribution >= 0.6 is 11.6 Å². The van der Waals surface area contributed by atoms with Crippen molar-refractivity contribution in [1.29, 1.82) is 5.41 Å². The molecule has 0 spiro atoms. The smallest absolute Gasteiger partial charge is 0.242 e. The minimum Gasteiger partial charge on any atom is -0.494 e. The number of nitrogens with one attached hydrogen (secondary N) is 1. The molecule has 0 saturated carbocycles. The van der Waals surface area contributed by atoms with Gasteiger partial charge < -0.3 is 14.4 Å². The van der Waals surface area contributed by atoms with E-state index in [0.29, 0.717) is 24.4 Å². The number of carbonyl (C=O) groups is 1. The van der Waals surface area contributed by atoms with Gasteiger partial charge in [0.1, 0.15) is 17.4 Å². The largest absolute Gasteiger partial charge is 0.494 e. The van der Waals surface area contributed by atoms with Crippen molar-refractivity contribution in [1.82, 2.24) is 19.4 Å². The molecule has 10 heteroatoms.